The zero-order chi connectivity index (χ0) is 11.7. The first-order chi connectivity index (χ1) is 7.65. The van der Waals surface area contributed by atoms with E-state index in [1.165, 1.54) is 0 Å². The van der Waals surface area contributed by atoms with Crippen LogP contribution in [0.25, 0.3) is 11.3 Å². The number of methoxy groups -OCH3 is 1. The molecule has 2 rings (SSSR count). The van der Waals surface area contributed by atoms with Gasteiger partial charge in [-0.1, -0.05) is 12.1 Å². The van der Waals surface area contributed by atoms with E-state index in [0.717, 1.165) is 22.7 Å². The molecule has 0 spiro atoms. The van der Waals surface area contributed by atoms with Crippen LogP contribution in [0.1, 0.15) is 5.69 Å². The van der Waals surface area contributed by atoms with E-state index < -0.39 is 0 Å². The van der Waals surface area contributed by atoms with Gasteiger partial charge in [-0.15, -0.1) is 0 Å². The Morgan fingerprint density at radius 3 is 2.56 bits per heavy atom. The lowest BCUT2D eigenvalue weighted by atomic mass is 10.1. The standard InChI is InChI=1S/C12H15N3O/c1-8-11(14-12(13)15(8)2)9-6-4-5-7-10(9)16-3/h4-7H,1-3H3,(H2,13,14). The van der Waals surface area contributed by atoms with Crippen molar-refractivity contribution in [1.29, 1.82) is 0 Å². The van der Waals surface area contributed by atoms with Crippen LogP contribution in [-0.4, -0.2) is 16.7 Å². The van der Waals surface area contributed by atoms with Gasteiger partial charge in [0.25, 0.3) is 0 Å². The van der Waals surface area contributed by atoms with Crippen LogP contribution in [0.5, 0.6) is 5.75 Å². The molecule has 0 radical (unpaired) electrons. The van der Waals surface area contributed by atoms with Crippen molar-refractivity contribution in [2.45, 2.75) is 6.92 Å². The van der Waals surface area contributed by atoms with Crippen molar-refractivity contribution in [2.24, 2.45) is 7.05 Å². The van der Waals surface area contributed by atoms with E-state index in [9.17, 15) is 0 Å². The van der Waals surface area contributed by atoms with Gasteiger partial charge < -0.3 is 15.0 Å². The Morgan fingerprint density at radius 1 is 1.31 bits per heavy atom. The smallest absolute Gasteiger partial charge is 0.200 e. The van der Waals surface area contributed by atoms with Crippen LogP contribution in [0.2, 0.25) is 0 Å². The Kier molecular flexibility index (Phi) is 2.56. The van der Waals surface area contributed by atoms with Crippen molar-refractivity contribution in [1.82, 2.24) is 9.55 Å². The Hall–Kier alpha value is -1.97. The van der Waals surface area contributed by atoms with Crippen molar-refractivity contribution in [3.8, 4) is 17.0 Å². The number of nitrogens with zero attached hydrogens (tertiary/aromatic N) is 2. The molecule has 1 aromatic heterocycles. The fourth-order valence-electron chi connectivity index (χ4n) is 1.70. The largest absolute Gasteiger partial charge is 0.496 e. The fourth-order valence-corrected chi connectivity index (χ4v) is 1.70. The Morgan fingerprint density at radius 2 is 2.00 bits per heavy atom. The fraction of sp³-hybridized carbons (Fsp3) is 0.250. The third kappa shape index (κ3) is 1.52. The molecule has 84 valence electrons. The van der Waals surface area contributed by atoms with E-state index in [0.29, 0.717) is 5.95 Å². The third-order valence-corrected chi connectivity index (χ3v) is 2.78. The molecule has 1 heterocycles. The van der Waals surface area contributed by atoms with Gasteiger partial charge >= 0.3 is 0 Å². The van der Waals surface area contributed by atoms with Gasteiger partial charge in [-0.05, 0) is 19.1 Å². The summed E-state index contributed by atoms with van der Waals surface area (Å²) in [6.07, 6.45) is 0. The molecule has 0 aliphatic heterocycles. The first-order valence-corrected chi connectivity index (χ1v) is 5.07. The highest BCUT2D eigenvalue weighted by Gasteiger charge is 2.13. The number of nitrogens with two attached hydrogens (primary N) is 1. The molecule has 2 aromatic rings. The SMILES string of the molecule is COc1ccccc1-c1nc(N)n(C)c1C. The van der Waals surface area contributed by atoms with Crippen LogP contribution in [0.15, 0.2) is 24.3 Å². The summed E-state index contributed by atoms with van der Waals surface area (Å²) in [4.78, 5) is 4.35. The molecule has 4 nitrogen and oxygen atoms in total. The van der Waals surface area contributed by atoms with E-state index in [1.54, 1.807) is 7.11 Å². The molecule has 0 saturated heterocycles. The number of anilines is 1. The molecule has 4 heteroatoms. The average molecular weight is 217 g/mol. The van der Waals surface area contributed by atoms with Crippen LogP contribution in [0, 0.1) is 6.92 Å². The van der Waals surface area contributed by atoms with Gasteiger partial charge in [0.1, 0.15) is 5.75 Å². The van der Waals surface area contributed by atoms with E-state index in [1.807, 2.05) is 42.8 Å². The molecule has 0 aliphatic carbocycles. The quantitative estimate of drug-likeness (QED) is 0.836. The number of aromatic nitrogens is 2. The number of hydrogen-bond donors (Lipinski definition) is 1. The normalized spacial score (nSPS) is 10.4. The molecule has 16 heavy (non-hydrogen) atoms. The number of para-hydroxylation sites is 1. The van der Waals surface area contributed by atoms with Crippen LogP contribution >= 0.6 is 0 Å². The van der Waals surface area contributed by atoms with E-state index >= 15 is 0 Å². The van der Waals surface area contributed by atoms with Crippen LogP contribution < -0.4 is 10.5 Å². The summed E-state index contributed by atoms with van der Waals surface area (Å²) in [6.45, 7) is 1.99. The Labute approximate surface area is 94.7 Å². The van der Waals surface area contributed by atoms with Crippen molar-refractivity contribution in [2.75, 3.05) is 12.8 Å². The number of nitrogen functional groups attached to an aromatic ring is 1. The highest BCUT2D eigenvalue weighted by atomic mass is 16.5. The highest BCUT2D eigenvalue weighted by Crippen LogP contribution is 2.31. The number of ether oxygens (including phenoxy) is 1. The van der Waals surface area contributed by atoms with Gasteiger partial charge in [0.15, 0.2) is 0 Å². The summed E-state index contributed by atoms with van der Waals surface area (Å²) in [6, 6.07) is 7.79. The van der Waals surface area contributed by atoms with Gasteiger partial charge in [0.05, 0.1) is 12.8 Å². The highest BCUT2D eigenvalue weighted by molar-refractivity contribution is 5.70. The summed E-state index contributed by atoms with van der Waals surface area (Å²) < 4.78 is 7.18. The minimum Gasteiger partial charge on any atom is -0.496 e. The second-order valence-corrected chi connectivity index (χ2v) is 3.66. The lowest BCUT2D eigenvalue weighted by Crippen LogP contribution is -1.97. The number of imidazole rings is 1. The first-order valence-electron chi connectivity index (χ1n) is 5.07. The molecule has 0 atom stereocenters. The molecule has 0 aliphatic rings. The third-order valence-electron chi connectivity index (χ3n) is 2.78. The summed E-state index contributed by atoms with van der Waals surface area (Å²) in [5.41, 5.74) is 8.65. The van der Waals surface area contributed by atoms with Gasteiger partial charge in [-0.2, -0.15) is 0 Å². The molecule has 1 aromatic carbocycles. The van der Waals surface area contributed by atoms with Gasteiger partial charge in [0.2, 0.25) is 5.95 Å². The zero-order valence-corrected chi connectivity index (χ0v) is 9.69. The second kappa shape index (κ2) is 3.89. The molecule has 0 bridgehead atoms. The van der Waals surface area contributed by atoms with Gasteiger partial charge in [0, 0.05) is 18.3 Å². The minimum atomic E-state index is 0.512. The molecule has 2 N–H and O–H groups in total. The monoisotopic (exact) mass is 217 g/mol. The number of benzene rings is 1. The van der Waals surface area contributed by atoms with Crippen molar-refractivity contribution >= 4 is 5.95 Å². The zero-order valence-electron chi connectivity index (χ0n) is 9.69. The number of rotatable bonds is 2. The van der Waals surface area contributed by atoms with Gasteiger partial charge in [-0.3, -0.25) is 0 Å². The van der Waals surface area contributed by atoms with Crippen molar-refractivity contribution in [3.05, 3.63) is 30.0 Å². The number of hydrogen-bond acceptors (Lipinski definition) is 3. The van der Waals surface area contributed by atoms with Crippen LogP contribution in [0.3, 0.4) is 0 Å². The molecule has 0 saturated carbocycles. The maximum absolute atomic E-state index is 5.78. The maximum atomic E-state index is 5.78. The lowest BCUT2D eigenvalue weighted by molar-refractivity contribution is 0.416. The maximum Gasteiger partial charge on any atom is 0.200 e. The summed E-state index contributed by atoms with van der Waals surface area (Å²) >= 11 is 0. The van der Waals surface area contributed by atoms with Crippen molar-refractivity contribution < 1.29 is 4.74 Å². The second-order valence-electron chi connectivity index (χ2n) is 3.66. The Balaban J connectivity index is 2.63. The van der Waals surface area contributed by atoms with E-state index in [2.05, 4.69) is 4.98 Å². The van der Waals surface area contributed by atoms with Crippen LogP contribution in [0.4, 0.5) is 5.95 Å². The lowest BCUT2D eigenvalue weighted by Gasteiger charge is -2.06. The van der Waals surface area contributed by atoms with Crippen LogP contribution in [-0.2, 0) is 7.05 Å². The topological polar surface area (TPSA) is 53.1 Å². The van der Waals surface area contributed by atoms with E-state index in [-0.39, 0.29) is 0 Å². The molecular formula is C12H15N3O. The molecule has 0 unspecified atom stereocenters. The summed E-state index contributed by atoms with van der Waals surface area (Å²) in [5.74, 6) is 1.32. The predicted molar refractivity (Wildman–Crippen MR) is 64.3 cm³/mol. The minimum absolute atomic E-state index is 0.512. The predicted octanol–water partition coefficient (Wildman–Crippen LogP) is 1.99. The summed E-state index contributed by atoms with van der Waals surface area (Å²) in [7, 11) is 3.55. The summed E-state index contributed by atoms with van der Waals surface area (Å²) in [5, 5.41) is 0. The van der Waals surface area contributed by atoms with Crippen molar-refractivity contribution in [3.63, 3.8) is 0 Å². The van der Waals surface area contributed by atoms with E-state index in [4.69, 9.17) is 10.5 Å². The molecular weight excluding hydrogens is 202 g/mol. The Bertz CT molecular complexity index is 517. The van der Waals surface area contributed by atoms with Gasteiger partial charge in [-0.25, -0.2) is 4.98 Å². The average Bonchev–Trinajstić information content (AvgIpc) is 2.57. The first kappa shape index (κ1) is 10.5. The molecule has 0 amide bonds. The molecule has 0 fully saturated rings.